The van der Waals surface area contributed by atoms with Gasteiger partial charge < -0.3 is 4.90 Å². The lowest BCUT2D eigenvalue weighted by molar-refractivity contribution is 0.745. The highest BCUT2D eigenvalue weighted by atomic mass is 15.2. The Balaban J connectivity index is 1.06. The monoisotopic (exact) mass is 653 g/mol. The van der Waals surface area contributed by atoms with Crippen LogP contribution in [0, 0.1) is 0 Å². The van der Waals surface area contributed by atoms with Crippen molar-refractivity contribution in [1.29, 1.82) is 0 Å². The highest BCUT2D eigenvalue weighted by Crippen LogP contribution is 2.47. The molecule has 6 aromatic carbocycles. The van der Waals surface area contributed by atoms with E-state index in [0.29, 0.717) is 17.6 Å². The van der Waals surface area contributed by atoms with E-state index >= 15 is 0 Å². The van der Waals surface area contributed by atoms with Gasteiger partial charge >= 0.3 is 0 Å². The fourth-order valence-corrected chi connectivity index (χ4v) is 7.61. The van der Waals surface area contributed by atoms with Gasteiger partial charge in [-0.3, -0.25) is 0 Å². The predicted octanol–water partition coefficient (Wildman–Crippen LogP) is 11.0. The van der Waals surface area contributed by atoms with Crippen molar-refractivity contribution in [2.45, 2.75) is 12.0 Å². The van der Waals surface area contributed by atoms with Gasteiger partial charge in [-0.25, -0.2) is 19.9 Å². The topological polar surface area (TPSA) is 54.8 Å². The van der Waals surface area contributed by atoms with Crippen LogP contribution in [0.5, 0.6) is 0 Å². The number of fused-ring (bicyclic) bond motifs is 5. The van der Waals surface area contributed by atoms with E-state index in [4.69, 9.17) is 19.9 Å². The maximum Gasteiger partial charge on any atom is 0.160 e. The molecule has 0 spiro atoms. The molecule has 0 bridgehead atoms. The average Bonchev–Trinajstić information content (AvgIpc) is 3.55. The van der Waals surface area contributed by atoms with E-state index in [1.54, 1.807) is 0 Å². The van der Waals surface area contributed by atoms with Gasteiger partial charge in [0.1, 0.15) is 0 Å². The second kappa shape index (κ2) is 12.0. The van der Waals surface area contributed by atoms with Crippen LogP contribution in [0.2, 0.25) is 0 Å². The summed E-state index contributed by atoms with van der Waals surface area (Å²) in [5, 5.41) is 2.02. The Morgan fingerprint density at radius 1 is 0.431 bits per heavy atom. The van der Waals surface area contributed by atoms with Gasteiger partial charge in [-0.2, -0.15) is 0 Å². The van der Waals surface area contributed by atoms with Gasteiger partial charge in [-0.05, 0) is 42.0 Å². The van der Waals surface area contributed by atoms with E-state index in [-0.39, 0.29) is 6.04 Å². The van der Waals surface area contributed by atoms with Crippen molar-refractivity contribution < 1.29 is 0 Å². The van der Waals surface area contributed by atoms with E-state index in [9.17, 15) is 0 Å². The molecule has 1 aliphatic heterocycles. The molecule has 5 nitrogen and oxygen atoms in total. The van der Waals surface area contributed by atoms with Crippen molar-refractivity contribution in [3.63, 3.8) is 0 Å². The Morgan fingerprint density at radius 3 is 1.78 bits per heavy atom. The van der Waals surface area contributed by atoms with E-state index < -0.39 is 0 Å². The largest absolute Gasteiger partial charge is 0.333 e. The minimum absolute atomic E-state index is 0.257. The molecule has 8 aromatic rings. The Morgan fingerprint density at radius 2 is 1.02 bits per heavy atom. The number of allylic oxidation sites excluding steroid dienone is 2. The van der Waals surface area contributed by atoms with Crippen LogP contribution in [0.25, 0.3) is 67.1 Å². The summed E-state index contributed by atoms with van der Waals surface area (Å²) in [7, 11) is 0. The van der Waals surface area contributed by atoms with Gasteiger partial charge in [0.05, 0.1) is 28.5 Å². The molecule has 2 aliphatic rings. The van der Waals surface area contributed by atoms with Crippen molar-refractivity contribution in [3.05, 3.63) is 182 Å². The van der Waals surface area contributed by atoms with Crippen LogP contribution >= 0.6 is 0 Å². The highest BCUT2D eigenvalue weighted by Gasteiger charge is 2.36. The van der Waals surface area contributed by atoms with E-state index in [0.717, 1.165) is 61.1 Å². The zero-order chi connectivity index (χ0) is 33.7. The lowest BCUT2D eigenvalue weighted by atomic mass is 9.91. The molecule has 0 saturated carbocycles. The van der Waals surface area contributed by atoms with Crippen LogP contribution in [0.15, 0.2) is 176 Å². The third-order valence-corrected chi connectivity index (χ3v) is 10.0. The number of anilines is 2. The molecule has 51 heavy (non-hydrogen) atoms. The summed E-state index contributed by atoms with van der Waals surface area (Å²) in [4.78, 5) is 22.8. The molecule has 10 rings (SSSR count). The van der Waals surface area contributed by atoms with Gasteiger partial charge in [0.25, 0.3) is 0 Å². The lowest BCUT2D eigenvalue weighted by Gasteiger charge is -2.28. The first-order valence-corrected chi connectivity index (χ1v) is 17.3. The summed E-state index contributed by atoms with van der Waals surface area (Å²) in [5.74, 6) is 1.72. The van der Waals surface area contributed by atoms with Gasteiger partial charge in [0.15, 0.2) is 11.6 Å². The van der Waals surface area contributed by atoms with Gasteiger partial charge in [-0.15, -0.1) is 0 Å². The van der Waals surface area contributed by atoms with Gasteiger partial charge in [-0.1, -0.05) is 140 Å². The molecule has 0 N–H and O–H groups in total. The number of para-hydroxylation sites is 3. The number of benzene rings is 6. The van der Waals surface area contributed by atoms with E-state index in [1.807, 2.05) is 54.6 Å². The maximum absolute atomic E-state index is 5.25. The van der Waals surface area contributed by atoms with Gasteiger partial charge in [0.2, 0.25) is 0 Å². The van der Waals surface area contributed by atoms with Crippen molar-refractivity contribution >= 4 is 33.2 Å². The molecule has 5 heteroatoms. The molecule has 0 saturated heterocycles. The quantitative estimate of drug-likeness (QED) is 0.185. The molecule has 0 radical (unpaired) electrons. The molecular formula is C46H31N5. The smallest absolute Gasteiger partial charge is 0.160 e. The van der Waals surface area contributed by atoms with Gasteiger partial charge in [0, 0.05) is 50.3 Å². The summed E-state index contributed by atoms with van der Waals surface area (Å²) >= 11 is 0. The highest BCUT2D eigenvalue weighted by molar-refractivity contribution is 5.96. The molecule has 3 heterocycles. The van der Waals surface area contributed by atoms with Crippen LogP contribution in [0.3, 0.4) is 0 Å². The summed E-state index contributed by atoms with van der Waals surface area (Å²) in [6.07, 6.45) is 8.95. The van der Waals surface area contributed by atoms with Crippen molar-refractivity contribution in [3.8, 4) is 45.3 Å². The van der Waals surface area contributed by atoms with Crippen LogP contribution in [-0.4, -0.2) is 26.0 Å². The Bertz CT molecular complexity index is 2660. The zero-order valence-electron chi connectivity index (χ0n) is 27.6. The fraction of sp³-hybridized carbons (Fsp3) is 0.0435. The maximum atomic E-state index is 5.25. The third kappa shape index (κ3) is 5.01. The molecular weight excluding hydrogens is 623 g/mol. The molecule has 2 atom stereocenters. The number of aromatic nitrogens is 4. The fourth-order valence-electron chi connectivity index (χ4n) is 7.61. The summed E-state index contributed by atoms with van der Waals surface area (Å²) in [5.41, 5.74) is 11.3. The molecule has 0 fully saturated rings. The summed E-state index contributed by atoms with van der Waals surface area (Å²) < 4.78 is 0. The first kappa shape index (κ1) is 29.2. The Kier molecular flexibility index (Phi) is 6.88. The molecule has 2 unspecified atom stereocenters. The van der Waals surface area contributed by atoms with Crippen molar-refractivity contribution in [1.82, 2.24) is 19.9 Å². The minimum atomic E-state index is 0.257. The van der Waals surface area contributed by atoms with Crippen LogP contribution in [-0.2, 0) is 0 Å². The van der Waals surface area contributed by atoms with E-state index in [2.05, 4.69) is 126 Å². The Labute approximate surface area is 296 Å². The lowest BCUT2D eigenvalue weighted by Crippen LogP contribution is -2.28. The number of hydrogen-bond acceptors (Lipinski definition) is 5. The standard InChI is InChI=1S/C46H31N5/c1-2-13-31(14-3-1)45-47-40-22-9-5-20-38(40)44(50-45)32-15-12-16-33(29-32)46-48-39-21-8-4-19-37(39)43(49-46)30-25-27-34(28-26-30)51-41-23-10-6-17-35(41)36-18-7-11-24-42(36)51/h1-29,35,41H. The molecule has 240 valence electrons. The average molecular weight is 654 g/mol. The second-order valence-electron chi connectivity index (χ2n) is 13.0. The third-order valence-electron chi connectivity index (χ3n) is 10.0. The number of hydrogen-bond donors (Lipinski definition) is 0. The van der Waals surface area contributed by atoms with Crippen LogP contribution in [0.4, 0.5) is 11.4 Å². The number of rotatable bonds is 5. The first-order chi connectivity index (χ1) is 25.3. The SMILES string of the molecule is C1=CC2c3ccccc3N(c3ccc(-c4nc(-c5cccc(-c6nc(-c7ccccc7)nc7ccccc67)c5)nc5ccccc45)cc3)C2C=C1. The van der Waals surface area contributed by atoms with Crippen molar-refractivity contribution in [2.24, 2.45) is 0 Å². The summed E-state index contributed by atoms with van der Waals surface area (Å²) in [6.45, 7) is 0. The molecule has 0 amide bonds. The van der Waals surface area contributed by atoms with E-state index in [1.165, 1.54) is 11.3 Å². The normalized spacial score (nSPS) is 16.0. The Hall–Kier alpha value is -6.72. The molecule has 1 aliphatic carbocycles. The van der Waals surface area contributed by atoms with Crippen LogP contribution < -0.4 is 4.90 Å². The minimum Gasteiger partial charge on any atom is -0.333 e. The zero-order valence-corrected chi connectivity index (χ0v) is 27.6. The van der Waals surface area contributed by atoms with Crippen molar-refractivity contribution in [2.75, 3.05) is 4.90 Å². The predicted molar refractivity (Wildman–Crippen MR) is 208 cm³/mol. The van der Waals surface area contributed by atoms with Crippen LogP contribution in [0.1, 0.15) is 11.5 Å². The summed E-state index contributed by atoms with van der Waals surface area (Å²) in [6, 6.07) is 52.8. The first-order valence-electron chi connectivity index (χ1n) is 17.3. The number of nitrogens with zero attached hydrogens (tertiary/aromatic N) is 5. The second-order valence-corrected chi connectivity index (χ2v) is 13.0. The molecule has 2 aromatic heterocycles.